The lowest BCUT2D eigenvalue weighted by Crippen LogP contribution is -2.58. The molecule has 0 radical (unpaired) electrons. The molecule has 1 aromatic rings. The van der Waals surface area contributed by atoms with Gasteiger partial charge in [-0.15, -0.1) is 0 Å². The first-order chi connectivity index (χ1) is 19.2. The highest BCUT2D eigenvalue weighted by molar-refractivity contribution is 6.32. The van der Waals surface area contributed by atoms with Crippen LogP contribution < -0.4 is 0 Å². The first-order valence-corrected chi connectivity index (χ1v) is 14.9. The molecule has 3 amide bonds. The monoisotopic (exact) mass is 583 g/mol. The molecule has 2 aliphatic rings. The Labute approximate surface area is 242 Å². The number of hydrogen-bond acceptors (Lipinski definition) is 6. The SMILES string of the molecule is CCCCc1nc(Cl)c(C(=O)N(CC(C)C)[C@H]2C[C@@H](C(=O)N3CCOCC3)CN(C(=O)O)C2)n1CCCCOC. The van der Waals surface area contributed by atoms with Gasteiger partial charge in [-0.05, 0) is 31.6 Å². The van der Waals surface area contributed by atoms with Gasteiger partial charge in [0.15, 0.2) is 5.15 Å². The summed E-state index contributed by atoms with van der Waals surface area (Å²) in [6.07, 6.45) is 3.56. The molecule has 0 aliphatic carbocycles. The van der Waals surface area contributed by atoms with Crippen molar-refractivity contribution >= 4 is 29.5 Å². The largest absolute Gasteiger partial charge is 0.465 e. The maximum atomic E-state index is 14.3. The summed E-state index contributed by atoms with van der Waals surface area (Å²) in [5.41, 5.74) is 0.342. The standard InChI is InChI=1S/C28H46ClN5O6/c1-5-6-9-23-30-25(29)24(33(23)10-7-8-13-39-4)27(36)34(17-20(2)3)22-16-21(18-32(19-22)28(37)38)26(35)31-11-14-40-15-12-31/h20-22H,5-19H2,1-4H3,(H,37,38)/t21-,22+/m1/s1. The van der Waals surface area contributed by atoms with Gasteiger partial charge in [0.05, 0.1) is 25.2 Å². The van der Waals surface area contributed by atoms with Gasteiger partial charge in [-0.1, -0.05) is 38.8 Å². The van der Waals surface area contributed by atoms with E-state index < -0.39 is 18.1 Å². The number of methoxy groups -OCH3 is 1. The highest BCUT2D eigenvalue weighted by atomic mass is 35.5. The van der Waals surface area contributed by atoms with Crippen molar-refractivity contribution in [1.29, 1.82) is 0 Å². The molecule has 11 nitrogen and oxygen atoms in total. The fourth-order valence-corrected chi connectivity index (χ4v) is 5.84. The van der Waals surface area contributed by atoms with E-state index in [1.54, 1.807) is 16.9 Å². The topological polar surface area (TPSA) is 117 Å². The molecule has 3 rings (SSSR count). The average molecular weight is 584 g/mol. The van der Waals surface area contributed by atoms with Crippen LogP contribution in [-0.4, -0.2) is 113 Å². The van der Waals surface area contributed by atoms with Gasteiger partial charge in [0.25, 0.3) is 5.91 Å². The number of ether oxygens (including phenoxy) is 2. The van der Waals surface area contributed by atoms with Gasteiger partial charge in [-0.3, -0.25) is 9.59 Å². The Morgan fingerprint density at radius 2 is 1.88 bits per heavy atom. The lowest BCUT2D eigenvalue weighted by Gasteiger charge is -2.43. The van der Waals surface area contributed by atoms with Crippen molar-refractivity contribution in [2.75, 3.05) is 59.7 Å². The third-order valence-electron chi connectivity index (χ3n) is 7.58. The Morgan fingerprint density at radius 1 is 1.15 bits per heavy atom. The van der Waals surface area contributed by atoms with Gasteiger partial charge in [0.1, 0.15) is 11.5 Å². The summed E-state index contributed by atoms with van der Waals surface area (Å²) in [7, 11) is 1.67. The van der Waals surface area contributed by atoms with Crippen LogP contribution in [0.2, 0.25) is 5.15 Å². The molecule has 2 atom stereocenters. The molecule has 0 spiro atoms. The average Bonchev–Trinajstić information content (AvgIpc) is 3.26. The highest BCUT2D eigenvalue weighted by Crippen LogP contribution is 2.28. The highest BCUT2D eigenvalue weighted by Gasteiger charge is 2.41. The van der Waals surface area contributed by atoms with Gasteiger partial charge in [0, 0.05) is 59.4 Å². The van der Waals surface area contributed by atoms with Crippen LogP contribution in [0.25, 0.3) is 0 Å². The quantitative estimate of drug-likeness (QED) is 0.352. The van der Waals surface area contributed by atoms with Crippen LogP contribution in [-0.2, 0) is 27.2 Å². The number of carboxylic acid groups (broad SMARTS) is 1. The summed E-state index contributed by atoms with van der Waals surface area (Å²) in [6, 6.07) is -0.471. The number of halogens is 1. The molecular formula is C28H46ClN5O6. The molecule has 2 fully saturated rings. The molecule has 1 aromatic heterocycles. The first kappa shape index (κ1) is 32.1. The van der Waals surface area contributed by atoms with E-state index in [1.165, 1.54) is 4.90 Å². The number of carbonyl (C=O) groups is 3. The molecule has 0 aromatic carbocycles. The van der Waals surface area contributed by atoms with Crippen LogP contribution in [0.4, 0.5) is 4.79 Å². The second-order valence-corrected chi connectivity index (χ2v) is 11.5. The molecule has 2 aliphatic heterocycles. The lowest BCUT2D eigenvalue weighted by molar-refractivity contribution is -0.142. The van der Waals surface area contributed by atoms with Crippen LogP contribution >= 0.6 is 11.6 Å². The van der Waals surface area contributed by atoms with Crippen LogP contribution in [0.3, 0.4) is 0 Å². The molecule has 0 bridgehead atoms. The van der Waals surface area contributed by atoms with Gasteiger partial charge in [-0.2, -0.15) is 0 Å². The predicted molar refractivity (Wildman–Crippen MR) is 152 cm³/mol. The van der Waals surface area contributed by atoms with Crippen molar-refractivity contribution in [2.45, 2.75) is 71.9 Å². The van der Waals surface area contributed by atoms with Gasteiger partial charge < -0.3 is 33.8 Å². The maximum absolute atomic E-state index is 14.3. The summed E-state index contributed by atoms with van der Waals surface area (Å²) in [5.74, 6) is 0.0157. The van der Waals surface area contributed by atoms with Gasteiger partial charge >= 0.3 is 6.09 Å². The fourth-order valence-electron chi connectivity index (χ4n) is 5.56. The van der Waals surface area contributed by atoms with E-state index in [1.807, 2.05) is 18.4 Å². The number of nitrogens with zero attached hydrogens (tertiary/aromatic N) is 5. The molecule has 226 valence electrons. The Kier molecular flexibility index (Phi) is 12.5. The van der Waals surface area contributed by atoms with Crippen LogP contribution in [0.15, 0.2) is 0 Å². The predicted octanol–water partition coefficient (Wildman–Crippen LogP) is 3.63. The van der Waals surface area contributed by atoms with Crippen molar-refractivity contribution in [3.8, 4) is 0 Å². The molecule has 40 heavy (non-hydrogen) atoms. The van der Waals surface area contributed by atoms with Gasteiger partial charge in [0.2, 0.25) is 5.91 Å². The molecule has 0 saturated carbocycles. The molecule has 2 saturated heterocycles. The number of rotatable bonds is 13. The summed E-state index contributed by atoms with van der Waals surface area (Å²) in [4.78, 5) is 49.3. The fraction of sp³-hybridized carbons (Fsp3) is 0.786. The van der Waals surface area contributed by atoms with Gasteiger partial charge in [-0.25, -0.2) is 9.78 Å². The van der Waals surface area contributed by atoms with E-state index in [0.29, 0.717) is 64.5 Å². The minimum absolute atomic E-state index is 0.0840. The molecule has 1 N–H and O–H groups in total. The second-order valence-electron chi connectivity index (χ2n) is 11.2. The number of likely N-dealkylation sites (tertiary alicyclic amines) is 1. The number of imidazole rings is 1. The summed E-state index contributed by atoms with van der Waals surface area (Å²) in [5, 5.41) is 10.1. The van der Waals surface area contributed by atoms with Crippen molar-refractivity contribution in [3.05, 3.63) is 16.7 Å². The lowest BCUT2D eigenvalue weighted by atomic mass is 9.91. The van der Waals surface area contributed by atoms with Crippen LogP contribution in [0, 0.1) is 11.8 Å². The molecule has 3 heterocycles. The Balaban J connectivity index is 1.94. The zero-order valence-electron chi connectivity index (χ0n) is 24.4. The van der Waals surface area contributed by atoms with E-state index >= 15 is 0 Å². The van der Waals surface area contributed by atoms with E-state index in [0.717, 1.165) is 31.5 Å². The second kappa shape index (κ2) is 15.6. The third kappa shape index (κ3) is 8.33. The van der Waals surface area contributed by atoms with E-state index in [9.17, 15) is 19.5 Å². The van der Waals surface area contributed by atoms with E-state index in [2.05, 4.69) is 11.9 Å². The third-order valence-corrected chi connectivity index (χ3v) is 7.84. The number of hydrogen-bond donors (Lipinski definition) is 1. The van der Waals surface area contributed by atoms with Crippen molar-refractivity contribution in [1.82, 2.24) is 24.3 Å². The number of carbonyl (C=O) groups excluding carboxylic acids is 2. The molecule has 12 heteroatoms. The summed E-state index contributed by atoms with van der Waals surface area (Å²) in [6.45, 7) is 9.93. The van der Waals surface area contributed by atoms with Crippen LogP contribution in [0.5, 0.6) is 0 Å². The summed E-state index contributed by atoms with van der Waals surface area (Å²) >= 11 is 6.66. The maximum Gasteiger partial charge on any atom is 0.407 e. The minimum Gasteiger partial charge on any atom is -0.465 e. The number of aryl methyl sites for hydroxylation is 1. The number of piperidine rings is 1. The van der Waals surface area contributed by atoms with E-state index in [-0.39, 0.29) is 36.0 Å². The zero-order chi connectivity index (χ0) is 29.2. The van der Waals surface area contributed by atoms with Crippen molar-refractivity contribution < 1.29 is 29.0 Å². The number of amides is 3. The smallest absolute Gasteiger partial charge is 0.407 e. The zero-order valence-corrected chi connectivity index (χ0v) is 25.2. The van der Waals surface area contributed by atoms with Crippen molar-refractivity contribution in [2.24, 2.45) is 11.8 Å². The number of unbranched alkanes of at least 4 members (excludes halogenated alkanes) is 2. The number of aromatic nitrogens is 2. The molecular weight excluding hydrogens is 538 g/mol. The Morgan fingerprint density at radius 3 is 2.50 bits per heavy atom. The molecule has 0 unspecified atom stereocenters. The minimum atomic E-state index is -1.09. The normalized spacial score (nSPS) is 19.8. The van der Waals surface area contributed by atoms with E-state index in [4.69, 9.17) is 21.1 Å². The number of morpholine rings is 1. The Hall–Kier alpha value is -2.37. The summed E-state index contributed by atoms with van der Waals surface area (Å²) < 4.78 is 12.5. The van der Waals surface area contributed by atoms with Crippen molar-refractivity contribution in [3.63, 3.8) is 0 Å². The Bertz CT molecular complexity index is 996. The first-order valence-electron chi connectivity index (χ1n) is 14.6. The van der Waals surface area contributed by atoms with Crippen LogP contribution in [0.1, 0.15) is 69.2 Å².